The number of hydrogen-bond acceptors (Lipinski definition) is 3. The molecule has 0 amide bonds. The Kier molecular flexibility index (Phi) is 4.61. The summed E-state index contributed by atoms with van der Waals surface area (Å²) < 4.78 is 5.20. The number of aromatic amines is 1. The highest BCUT2D eigenvalue weighted by molar-refractivity contribution is 5.28. The maximum Gasteiger partial charge on any atom is 0.119 e. The van der Waals surface area contributed by atoms with Crippen LogP contribution in [0.1, 0.15) is 17.7 Å². The molecule has 0 saturated heterocycles. The van der Waals surface area contributed by atoms with Crippen molar-refractivity contribution in [3.8, 4) is 5.75 Å². The van der Waals surface area contributed by atoms with E-state index in [2.05, 4.69) is 27.9 Å². The number of nitrogens with zero attached hydrogens (tertiary/aromatic N) is 1. The first-order chi connectivity index (χ1) is 9.28. The van der Waals surface area contributed by atoms with Gasteiger partial charge in [0, 0.05) is 24.1 Å². The van der Waals surface area contributed by atoms with E-state index in [0.29, 0.717) is 0 Å². The Labute approximate surface area is 113 Å². The third-order valence-electron chi connectivity index (χ3n) is 2.93. The van der Waals surface area contributed by atoms with Gasteiger partial charge in [0.1, 0.15) is 5.75 Å². The van der Waals surface area contributed by atoms with Gasteiger partial charge in [-0.15, -0.1) is 0 Å². The Balaban J connectivity index is 1.76. The fraction of sp³-hybridized carbons (Fsp3) is 0.267. The molecule has 0 radical (unpaired) electrons. The number of aromatic nitrogens is 2. The van der Waals surface area contributed by atoms with Crippen LogP contribution in [0, 0.1) is 0 Å². The number of allylic oxidation sites excluding steroid dienone is 1. The summed E-state index contributed by atoms with van der Waals surface area (Å²) in [5, 5.41) is 3.33. The summed E-state index contributed by atoms with van der Waals surface area (Å²) in [4.78, 5) is 7.08. The van der Waals surface area contributed by atoms with Crippen molar-refractivity contribution in [1.29, 1.82) is 0 Å². The molecule has 2 rings (SSSR count). The molecule has 1 aromatic carbocycles. The van der Waals surface area contributed by atoms with Gasteiger partial charge < -0.3 is 15.0 Å². The van der Waals surface area contributed by atoms with Crippen molar-refractivity contribution in [3.05, 3.63) is 60.3 Å². The van der Waals surface area contributed by atoms with E-state index in [1.807, 2.05) is 24.4 Å². The van der Waals surface area contributed by atoms with Crippen LogP contribution in [0.4, 0.5) is 0 Å². The Hall–Kier alpha value is -2.23. The molecule has 100 valence electrons. The zero-order valence-electron chi connectivity index (χ0n) is 11.1. The van der Waals surface area contributed by atoms with Gasteiger partial charge in [-0.05, 0) is 30.5 Å². The fourth-order valence-electron chi connectivity index (χ4n) is 1.80. The molecule has 2 aromatic rings. The number of ether oxygens (including phenoxy) is 1. The van der Waals surface area contributed by atoms with Gasteiger partial charge in [0.2, 0.25) is 0 Å². The minimum atomic E-state index is 0.763. The first-order valence-electron chi connectivity index (χ1n) is 6.30. The van der Waals surface area contributed by atoms with Crippen LogP contribution in [-0.2, 0) is 13.0 Å². The summed E-state index contributed by atoms with van der Waals surface area (Å²) in [6, 6.07) is 8.02. The van der Waals surface area contributed by atoms with Crippen molar-refractivity contribution in [2.45, 2.75) is 19.4 Å². The number of H-pyrrole nitrogens is 1. The molecule has 1 aromatic heterocycles. The average molecular weight is 257 g/mol. The maximum atomic E-state index is 5.20. The topological polar surface area (TPSA) is 49.9 Å². The number of imidazole rings is 1. The zero-order valence-corrected chi connectivity index (χ0v) is 11.1. The molecule has 0 fully saturated rings. The van der Waals surface area contributed by atoms with E-state index in [-0.39, 0.29) is 0 Å². The summed E-state index contributed by atoms with van der Waals surface area (Å²) >= 11 is 0. The van der Waals surface area contributed by atoms with Crippen LogP contribution < -0.4 is 10.1 Å². The van der Waals surface area contributed by atoms with Gasteiger partial charge in [0.15, 0.2) is 0 Å². The molecular weight excluding hydrogens is 238 g/mol. The molecule has 4 nitrogen and oxygen atoms in total. The van der Waals surface area contributed by atoms with E-state index in [9.17, 15) is 0 Å². The SMILES string of the molecule is C=C(CCc1cnc[nH]1)NCc1cccc(OC)c1. The third-order valence-corrected chi connectivity index (χ3v) is 2.93. The molecule has 0 unspecified atom stereocenters. The van der Waals surface area contributed by atoms with Crippen LogP contribution in [-0.4, -0.2) is 17.1 Å². The molecule has 1 heterocycles. The number of hydrogen-bond donors (Lipinski definition) is 2. The summed E-state index contributed by atoms with van der Waals surface area (Å²) in [5.74, 6) is 0.877. The number of rotatable bonds is 7. The maximum absolute atomic E-state index is 5.20. The van der Waals surface area contributed by atoms with E-state index in [4.69, 9.17) is 4.74 Å². The van der Waals surface area contributed by atoms with E-state index in [0.717, 1.165) is 36.5 Å². The average Bonchev–Trinajstić information content (AvgIpc) is 2.96. The summed E-state index contributed by atoms with van der Waals surface area (Å²) in [5.41, 5.74) is 3.34. The monoisotopic (exact) mass is 257 g/mol. The van der Waals surface area contributed by atoms with Crippen LogP contribution in [0.15, 0.2) is 49.1 Å². The van der Waals surface area contributed by atoms with Crippen LogP contribution in [0.2, 0.25) is 0 Å². The lowest BCUT2D eigenvalue weighted by atomic mass is 10.2. The van der Waals surface area contributed by atoms with Crippen LogP contribution in [0.3, 0.4) is 0 Å². The van der Waals surface area contributed by atoms with E-state index < -0.39 is 0 Å². The summed E-state index contributed by atoms with van der Waals surface area (Å²) in [6.07, 6.45) is 5.35. The standard InChI is InChI=1S/C15H19N3O/c1-12(6-7-14-10-16-11-18-14)17-9-13-4-3-5-15(8-13)19-2/h3-5,8,10-11,17H,1,6-7,9H2,2H3,(H,16,18). The number of nitrogens with one attached hydrogen (secondary N) is 2. The van der Waals surface area contributed by atoms with Gasteiger partial charge >= 0.3 is 0 Å². The van der Waals surface area contributed by atoms with E-state index in [1.54, 1.807) is 13.4 Å². The zero-order chi connectivity index (χ0) is 13.5. The normalized spacial score (nSPS) is 10.2. The minimum Gasteiger partial charge on any atom is -0.497 e. The first-order valence-corrected chi connectivity index (χ1v) is 6.30. The molecule has 2 N–H and O–H groups in total. The van der Waals surface area contributed by atoms with Crippen molar-refractivity contribution in [1.82, 2.24) is 15.3 Å². The Morgan fingerprint density at radius 2 is 2.37 bits per heavy atom. The molecule has 0 bridgehead atoms. The van der Waals surface area contributed by atoms with Gasteiger partial charge in [-0.1, -0.05) is 18.7 Å². The second-order valence-electron chi connectivity index (χ2n) is 4.39. The molecule has 0 atom stereocenters. The molecule has 0 saturated carbocycles. The van der Waals surface area contributed by atoms with Crippen molar-refractivity contribution < 1.29 is 4.74 Å². The molecular formula is C15H19N3O. The largest absolute Gasteiger partial charge is 0.497 e. The second kappa shape index (κ2) is 6.64. The Morgan fingerprint density at radius 1 is 1.47 bits per heavy atom. The lowest BCUT2D eigenvalue weighted by molar-refractivity contribution is 0.414. The highest BCUT2D eigenvalue weighted by Gasteiger charge is 1.99. The van der Waals surface area contributed by atoms with Crippen LogP contribution in [0.25, 0.3) is 0 Å². The third kappa shape index (κ3) is 4.17. The van der Waals surface area contributed by atoms with Gasteiger partial charge in [-0.2, -0.15) is 0 Å². The smallest absolute Gasteiger partial charge is 0.119 e. The van der Waals surface area contributed by atoms with E-state index in [1.165, 1.54) is 5.56 Å². The van der Waals surface area contributed by atoms with Crippen molar-refractivity contribution >= 4 is 0 Å². The number of methoxy groups -OCH3 is 1. The second-order valence-corrected chi connectivity index (χ2v) is 4.39. The fourth-order valence-corrected chi connectivity index (χ4v) is 1.80. The van der Waals surface area contributed by atoms with Crippen molar-refractivity contribution in [2.24, 2.45) is 0 Å². The van der Waals surface area contributed by atoms with Crippen LogP contribution in [0.5, 0.6) is 5.75 Å². The molecule has 0 aliphatic rings. The van der Waals surface area contributed by atoms with Gasteiger partial charge in [0.25, 0.3) is 0 Å². The minimum absolute atomic E-state index is 0.763. The van der Waals surface area contributed by atoms with Crippen molar-refractivity contribution in [2.75, 3.05) is 7.11 Å². The molecule has 19 heavy (non-hydrogen) atoms. The Bertz CT molecular complexity index is 520. The van der Waals surface area contributed by atoms with Crippen LogP contribution >= 0.6 is 0 Å². The Morgan fingerprint density at radius 3 is 3.11 bits per heavy atom. The highest BCUT2D eigenvalue weighted by atomic mass is 16.5. The number of aryl methyl sites for hydroxylation is 1. The highest BCUT2D eigenvalue weighted by Crippen LogP contribution is 2.13. The van der Waals surface area contributed by atoms with Gasteiger partial charge in [-0.3, -0.25) is 0 Å². The van der Waals surface area contributed by atoms with Crippen molar-refractivity contribution in [3.63, 3.8) is 0 Å². The summed E-state index contributed by atoms with van der Waals surface area (Å²) in [6.45, 7) is 4.80. The predicted molar refractivity (Wildman–Crippen MR) is 75.9 cm³/mol. The van der Waals surface area contributed by atoms with E-state index >= 15 is 0 Å². The first kappa shape index (κ1) is 13.2. The lowest BCUT2D eigenvalue weighted by Gasteiger charge is -2.10. The lowest BCUT2D eigenvalue weighted by Crippen LogP contribution is -2.12. The molecule has 0 spiro atoms. The van der Waals surface area contributed by atoms with Gasteiger partial charge in [-0.25, -0.2) is 4.98 Å². The number of benzene rings is 1. The molecule has 0 aliphatic heterocycles. The molecule has 0 aliphatic carbocycles. The summed E-state index contributed by atoms with van der Waals surface area (Å²) in [7, 11) is 1.68. The quantitative estimate of drug-likeness (QED) is 0.801. The predicted octanol–water partition coefficient (Wildman–Crippen LogP) is 2.65. The molecule has 4 heteroatoms. The van der Waals surface area contributed by atoms with Gasteiger partial charge in [0.05, 0.1) is 13.4 Å².